The van der Waals surface area contributed by atoms with Crippen LogP contribution in [0.25, 0.3) is 21.7 Å². The van der Waals surface area contributed by atoms with Gasteiger partial charge in [-0.3, -0.25) is 4.99 Å². The third-order valence-electron chi connectivity index (χ3n) is 4.44. The van der Waals surface area contributed by atoms with Crippen molar-refractivity contribution < 1.29 is 0 Å². The van der Waals surface area contributed by atoms with Crippen LogP contribution in [-0.4, -0.2) is 5.71 Å². The van der Waals surface area contributed by atoms with Crippen LogP contribution in [0.15, 0.2) is 65.3 Å². The first-order chi connectivity index (χ1) is 11.7. The zero-order valence-corrected chi connectivity index (χ0v) is 13.7. The fourth-order valence-electron chi connectivity index (χ4n) is 3.06. The second-order valence-corrected chi connectivity index (χ2v) is 5.94. The van der Waals surface area contributed by atoms with Gasteiger partial charge >= 0.3 is 0 Å². The van der Waals surface area contributed by atoms with Gasteiger partial charge in [0.25, 0.3) is 0 Å². The van der Waals surface area contributed by atoms with Gasteiger partial charge < -0.3 is 0 Å². The van der Waals surface area contributed by atoms with E-state index in [0.717, 1.165) is 22.4 Å². The number of hydrogen-bond donors (Lipinski definition) is 0. The Bertz CT molecular complexity index is 891. The van der Waals surface area contributed by atoms with Gasteiger partial charge in [0.15, 0.2) is 5.70 Å². The first-order valence-corrected chi connectivity index (χ1v) is 7.88. The second kappa shape index (κ2) is 6.52. The number of rotatable bonds is 2. The van der Waals surface area contributed by atoms with Crippen LogP contribution in [0.4, 0.5) is 0 Å². The van der Waals surface area contributed by atoms with E-state index in [4.69, 9.17) is 6.57 Å². The highest BCUT2D eigenvalue weighted by Gasteiger charge is 2.31. The van der Waals surface area contributed by atoms with Gasteiger partial charge in [-0.25, -0.2) is 4.85 Å². The predicted octanol–water partition coefficient (Wildman–Crippen LogP) is 5.19. The molecule has 0 N–H and O–H groups in total. The number of allylic oxidation sites excluding steroid dienone is 1. The molecule has 1 aliphatic rings. The van der Waals surface area contributed by atoms with Gasteiger partial charge in [-0.05, 0) is 23.6 Å². The van der Waals surface area contributed by atoms with Gasteiger partial charge in [0.05, 0.1) is 24.3 Å². The fourth-order valence-corrected chi connectivity index (χ4v) is 3.06. The average Bonchev–Trinajstić information content (AvgIpc) is 2.62. The molecule has 0 aromatic heterocycles. The molecule has 1 heterocycles. The van der Waals surface area contributed by atoms with Crippen molar-refractivity contribution in [3.63, 3.8) is 0 Å². The summed E-state index contributed by atoms with van der Waals surface area (Å²) in [5.41, 5.74) is 5.25. The summed E-state index contributed by atoms with van der Waals surface area (Å²) in [7, 11) is 0. The van der Waals surface area contributed by atoms with Crippen molar-refractivity contribution in [2.45, 2.75) is 13.8 Å². The van der Waals surface area contributed by atoms with Crippen molar-refractivity contribution in [1.82, 2.24) is 0 Å². The van der Waals surface area contributed by atoms with Gasteiger partial charge in [0, 0.05) is 11.6 Å². The molecule has 0 saturated heterocycles. The van der Waals surface area contributed by atoms with E-state index in [9.17, 15) is 5.26 Å². The summed E-state index contributed by atoms with van der Waals surface area (Å²) in [6, 6.07) is 20.5. The van der Waals surface area contributed by atoms with E-state index >= 15 is 0 Å². The molecule has 2 aromatic rings. The summed E-state index contributed by atoms with van der Waals surface area (Å²) in [4.78, 5) is 8.24. The molecular weight excluding hydrogens is 294 g/mol. The van der Waals surface area contributed by atoms with E-state index in [1.54, 1.807) is 0 Å². The Balaban J connectivity index is 2.03. The number of aliphatic imine (C=N–C) groups is 1. The number of benzene rings is 2. The molecule has 1 unspecified atom stereocenters. The Labute approximate surface area is 142 Å². The fraction of sp³-hybridized carbons (Fsp3) is 0.190. The molecule has 0 aliphatic carbocycles. The van der Waals surface area contributed by atoms with Crippen LogP contribution in [0.5, 0.6) is 0 Å². The Morgan fingerprint density at radius 1 is 1.00 bits per heavy atom. The highest BCUT2D eigenvalue weighted by Crippen LogP contribution is 2.36. The van der Waals surface area contributed by atoms with Gasteiger partial charge in [-0.15, -0.1) is 0 Å². The van der Waals surface area contributed by atoms with Gasteiger partial charge in [0.1, 0.15) is 0 Å². The van der Waals surface area contributed by atoms with Crippen molar-refractivity contribution in [3.8, 4) is 17.2 Å². The summed E-state index contributed by atoms with van der Waals surface area (Å²) in [5, 5.41) is 9.31. The molecule has 116 valence electrons. The Morgan fingerprint density at radius 3 is 2.17 bits per heavy atom. The summed E-state index contributed by atoms with van der Waals surface area (Å²) < 4.78 is 0. The van der Waals surface area contributed by atoms with Crippen molar-refractivity contribution in [2.24, 2.45) is 16.8 Å². The number of hydrogen-bond acceptors (Lipinski definition) is 2. The van der Waals surface area contributed by atoms with Crippen molar-refractivity contribution in [3.05, 3.63) is 77.3 Å². The Morgan fingerprint density at radius 2 is 1.58 bits per heavy atom. The van der Waals surface area contributed by atoms with Crippen LogP contribution in [-0.2, 0) is 0 Å². The van der Waals surface area contributed by atoms with Gasteiger partial charge in [0.2, 0.25) is 0 Å². The largest absolute Gasteiger partial charge is 0.268 e. The molecule has 0 bridgehead atoms. The van der Waals surface area contributed by atoms with Crippen LogP contribution in [0, 0.1) is 29.7 Å². The van der Waals surface area contributed by atoms with Crippen LogP contribution >= 0.6 is 0 Å². The number of nitrogens with zero attached hydrogens (tertiary/aromatic N) is 3. The monoisotopic (exact) mass is 311 g/mol. The minimum absolute atomic E-state index is 0.131. The van der Waals surface area contributed by atoms with Crippen LogP contribution in [0.1, 0.15) is 19.4 Å². The molecule has 3 rings (SSSR count). The molecule has 0 fully saturated rings. The molecule has 3 nitrogen and oxygen atoms in total. The van der Waals surface area contributed by atoms with Gasteiger partial charge in [-0.1, -0.05) is 61.5 Å². The molecule has 0 amide bonds. The third kappa shape index (κ3) is 2.73. The highest BCUT2D eigenvalue weighted by molar-refractivity contribution is 5.95. The Kier molecular flexibility index (Phi) is 4.27. The van der Waals surface area contributed by atoms with Crippen LogP contribution < -0.4 is 0 Å². The molecule has 0 radical (unpaired) electrons. The molecule has 2 aromatic carbocycles. The molecule has 24 heavy (non-hydrogen) atoms. The lowest BCUT2D eigenvalue weighted by Gasteiger charge is -2.24. The maximum Gasteiger partial charge on any atom is 0.195 e. The maximum atomic E-state index is 9.31. The lowest BCUT2D eigenvalue weighted by Crippen LogP contribution is -2.23. The Hall–Kier alpha value is -3.17. The van der Waals surface area contributed by atoms with E-state index < -0.39 is 0 Å². The standard InChI is InChI=1S/C21H17N3/c1-14-19(13-22)15(2)24-21(20(14)23-3)18-11-9-17(10-12-18)16-7-5-4-6-8-16/h4-12,14,19H,1-2H3/t14-,19?/m1/s1. The molecular formula is C21H17N3. The summed E-state index contributed by atoms with van der Waals surface area (Å²) in [6.07, 6.45) is 0. The van der Waals surface area contributed by atoms with Crippen LogP contribution in [0.3, 0.4) is 0 Å². The molecule has 0 spiro atoms. The molecule has 3 heteroatoms. The second-order valence-electron chi connectivity index (χ2n) is 5.94. The van der Waals surface area contributed by atoms with Crippen LogP contribution in [0.2, 0.25) is 0 Å². The summed E-state index contributed by atoms with van der Waals surface area (Å²) >= 11 is 0. The molecule has 0 saturated carbocycles. The average molecular weight is 311 g/mol. The zero-order valence-electron chi connectivity index (χ0n) is 13.7. The van der Waals surface area contributed by atoms with Crippen molar-refractivity contribution >= 4 is 11.4 Å². The molecule has 2 atom stereocenters. The first-order valence-electron chi connectivity index (χ1n) is 7.88. The minimum Gasteiger partial charge on any atom is -0.268 e. The first kappa shape index (κ1) is 15.7. The SMILES string of the molecule is [C-]#[N+]C1=C(c2ccc(-c3ccccc3)cc2)N=C(C)C(C#N)[C@H]1C. The predicted molar refractivity (Wildman–Crippen MR) is 96.8 cm³/mol. The lowest BCUT2D eigenvalue weighted by atomic mass is 9.84. The number of nitriles is 1. The van der Waals surface area contributed by atoms with E-state index in [0.29, 0.717) is 11.4 Å². The third-order valence-corrected chi connectivity index (χ3v) is 4.44. The lowest BCUT2D eigenvalue weighted by molar-refractivity contribution is 0.618. The van der Waals surface area contributed by atoms with E-state index in [1.165, 1.54) is 0 Å². The van der Waals surface area contributed by atoms with Crippen molar-refractivity contribution in [1.29, 1.82) is 5.26 Å². The smallest absolute Gasteiger partial charge is 0.195 e. The molecule has 1 aliphatic heterocycles. The topological polar surface area (TPSA) is 40.5 Å². The van der Waals surface area contributed by atoms with E-state index in [2.05, 4.69) is 28.0 Å². The quantitative estimate of drug-likeness (QED) is 0.703. The van der Waals surface area contributed by atoms with Gasteiger partial charge in [-0.2, -0.15) is 5.26 Å². The zero-order chi connectivity index (χ0) is 17.1. The van der Waals surface area contributed by atoms with E-state index in [1.807, 2.05) is 56.3 Å². The van der Waals surface area contributed by atoms with E-state index in [-0.39, 0.29) is 11.8 Å². The normalized spacial score (nSPS) is 20.1. The summed E-state index contributed by atoms with van der Waals surface area (Å²) in [6.45, 7) is 11.3. The van der Waals surface area contributed by atoms with Crippen molar-refractivity contribution in [2.75, 3.05) is 0 Å². The minimum atomic E-state index is -0.318. The maximum absolute atomic E-state index is 9.31. The summed E-state index contributed by atoms with van der Waals surface area (Å²) in [5.74, 6) is -0.449. The highest BCUT2D eigenvalue weighted by atomic mass is 14.9.